The van der Waals surface area contributed by atoms with Crippen LogP contribution in [-0.2, 0) is 39.9 Å². The number of carbonyl (C=O) groups is 6. The highest BCUT2D eigenvalue weighted by molar-refractivity contribution is 5.96. The molecule has 0 radical (unpaired) electrons. The van der Waals surface area contributed by atoms with Crippen molar-refractivity contribution in [2.24, 2.45) is 23.5 Å². The zero-order valence-electron chi connectivity index (χ0n) is 30.2. The quantitative estimate of drug-likeness (QED) is 0.0905. The van der Waals surface area contributed by atoms with E-state index in [4.69, 9.17) is 15.6 Å². The topological polar surface area (TPSA) is 238 Å². The number of aliphatic hydroxyl groups is 2. The number of hydrogen-bond donors (Lipinski definition) is 8. The molecule has 50 heavy (non-hydrogen) atoms. The second-order valence-electron chi connectivity index (χ2n) is 13.7. The third-order valence-corrected chi connectivity index (χ3v) is 9.26. The third kappa shape index (κ3) is 11.0. The largest absolute Gasteiger partial charge is 0.467 e. The van der Waals surface area contributed by atoms with Crippen LogP contribution in [0.1, 0.15) is 72.8 Å². The number of amides is 5. The highest BCUT2D eigenvalue weighted by atomic mass is 16.5. The molecule has 15 nitrogen and oxygen atoms in total. The molecule has 1 aliphatic carbocycles. The monoisotopic (exact) mass is 704 g/mol. The molecule has 2 unspecified atom stereocenters. The smallest absolute Gasteiger partial charge is 0.328 e. The van der Waals surface area contributed by atoms with Crippen LogP contribution in [0, 0.1) is 17.8 Å². The Balaban J connectivity index is 2.53. The van der Waals surface area contributed by atoms with E-state index in [1.54, 1.807) is 58.0 Å². The highest BCUT2D eigenvalue weighted by Gasteiger charge is 2.54. The lowest BCUT2D eigenvalue weighted by Crippen LogP contribution is -2.74. The number of carbonyl (C=O) groups excluding carboxylic acids is 6. The van der Waals surface area contributed by atoms with Crippen LogP contribution in [-0.4, -0.2) is 101 Å². The summed E-state index contributed by atoms with van der Waals surface area (Å²) >= 11 is 0. The van der Waals surface area contributed by atoms with Crippen molar-refractivity contribution < 1.29 is 43.7 Å². The number of nitrogens with two attached hydrogens (primary N) is 1. The first kappa shape index (κ1) is 42.1. The van der Waals surface area contributed by atoms with Gasteiger partial charge in [-0.15, -0.1) is 0 Å². The Morgan fingerprint density at radius 2 is 1.40 bits per heavy atom. The van der Waals surface area contributed by atoms with Gasteiger partial charge in [-0.1, -0.05) is 70.9 Å². The Hall–Kier alpha value is -4.08. The molecule has 0 aliphatic heterocycles. The molecule has 1 fully saturated rings. The van der Waals surface area contributed by atoms with Crippen molar-refractivity contribution in [3.8, 4) is 0 Å². The lowest BCUT2D eigenvalue weighted by atomic mass is 9.75. The fourth-order valence-corrected chi connectivity index (χ4v) is 6.00. The standard InChI is InChI=1S/C35H56N6O9/c1-19(2)27(33(48)50-7)40-34(49)35(20(3)4,41-31(46)24-15-11-12-16-24)28(43)26(17-23-13-9-8-10-14-23)39-30(45)22(6)37-29(44)21(5)38-32(47)25(36)18-42/h8-10,13-14,19-22,24-28,42-43H,11-12,15-18,36H2,1-7H3,(H,37,44)(H,38,47)(H,39,45)(H,40,49)(H,41,46)/t21-,22-,25-,26?,27-,28?,35+/m0/s1. The molecular formula is C35H56N6O9. The van der Waals surface area contributed by atoms with Crippen molar-refractivity contribution in [1.82, 2.24) is 26.6 Å². The van der Waals surface area contributed by atoms with Gasteiger partial charge in [0.2, 0.25) is 29.5 Å². The molecule has 0 aromatic heterocycles. The number of esters is 1. The Morgan fingerprint density at radius 3 is 1.90 bits per heavy atom. The Labute approximate surface area is 294 Å². The van der Waals surface area contributed by atoms with Crippen LogP contribution >= 0.6 is 0 Å². The van der Waals surface area contributed by atoms with Crippen molar-refractivity contribution >= 4 is 35.5 Å². The second kappa shape index (κ2) is 19.3. The fraction of sp³-hybridized carbons (Fsp3) is 0.657. The van der Waals surface area contributed by atoms with Crippen LogP contribution in [0.25, 0.3) is 0 Å². The average Bonchev–Trinajstić information content (AvgIpc) is 3.63. The van der Waals surface area contributed by atoms with E-state index < -0.39 is 95.8 Å². The summed E-state index contributed by atoms with van der Waals surface area (Å²) in [7, 11) is 1.19. The van der Waals surface area contributed by atoms with E-state index >= 15 is 0 Å². The number of methoxy groups -OCH3 is 1. The molecule has 0 heterocycles. The molecule has 0 spiro atoms. The minimum absolute atomic E-state index is 0.0194. The highest BCUT2D eigenvalue weighted by Crippen LogP contribution is 2.31. The van der Waals surface area contributed by atoms with Crippen molar-refractivity contribution in [2.75, 3.05) is 13.7 Å². The molecule has 1 aromatic rings. The van der Waals surface area contributed by atoms with Gasteiger partial charge in [0.15, 0.2) is 0 Å². The Bertz CT molecular complexity index is 1320. The van der Waals surface area contributed by atoms with Crippen LogP contribution in [0.2, 0.25) is 0 Å². The van der Waals surface area contributed by atoms with Crippen LogP contribution in [0.4, 0.5) is 0 Å². The molecule has 0 saturated heterocycles. The number of aliphatic hydroxyl groups excluding tert-OH is 2. The number of hydrogen-bond acceptors (Lipinski definition) is 10. The van der Waals surface area contributed by atoms with Crippen molar-refractivity contribution in [3.05, 3.63) is 35.9 Å². The van der Waals surface area contributed by atoms with Crippen molar-refractivity contribution in [2.45, 2.75) is 115 Å². The molecule has 1 saturated carbocycles. The first-order chi connectivity index (χ1) is 23.5. The van der Waals surface area contributed by atoms with E-state index in [2.05, 4.69) is 26.6 Å². The Morgan fingerprint density at radius 1 is 0.860 bits per heavy atom. The van der Waals surface area contributed by atoms with Crippen LogP contribution in [0.3, 0.4) is 0 Å². The molecule has 15 heteroatoms. The van der Waals surface area contributed by atoms with Gasteiger partial charge in [-0.3, -0.25) is 24.0 Å². The summed E-state index contributed by atoms with van der Waals surface area (Å²) in [6.45, 7) is 8.90. The zero-order valence-corrected chi connectivity index (χ0v) is 30.2. The SMILES string of the molecule is COC(=O)[C@@H](NC(=O)[C@@](NC(=O)C1CCCC1)(C(C)C)C(O)C(Cc1ccccc1)NC(=O)[C@H](C)NC(=O)[C@H](C)NC(=O)[C@@H](N)CO)C(C)C. The molecular weight excluding hydrogens is 648 g/mol. The minimum Gasteiger partial charge on any atom is -0.467 e. The molecule has 1 aromatic carbocycles. The number of benzene rings is 1. The van der Waals surface area contributed by atoms with Gasteiger partial charge >= 0.3 is 5.97 Å². The van der Waals surface area contributed by atoms with Gasteiger partial charge in [0.1, 0.15) is 35.8 Å². The van der Waals surface area contributed by atoms with E-state index in [1.165, 1.54) is 21.0 Å². The first-order valence-electron chi connectivity index (χ1n) is 17.2. The summed E-state index contributed by atoms with van der Waals surface area (Å²) in [5.41, 5.74) is 4.16. The zero-order chi connectivity index (χ0) is 37.8. The minimum atomic E-state index is -2.04. The maximum atomic E-state index is 14.5. The van der Waals surface area contributed by atoms with Crippen LogP contribution in [0.5, 0.6) is 0 Å². The van der Waals surface area contributed by atoms with Gasteiger partial charge in [-0.2, -0.15) is 0 Å². The molecule has 7 atom stereocenters. The maximum absolute atomic E-state index is 14.5. The van der Waals surface area contributed by atoms with E-state index in [9.17, 15) is 33.9 Å². The lowest BCUT2D eigenvalue weighted by molar-refractivity contribution is -0.152. The normalized spacial score (nSPS) is 18.1. The summed E-state index contributed by atoms with van der Waals surface area (Å²) in [4.78, 5) is 79.5. The summed E-state index contributed by atoms with van der Waals surface area (Å²) in [6, 6.07) is 3.08. The molecule has 280 valence electrons. The fourth-order valence-electron chi connectivity index (χ4n) is 6.00. The second-order valence-corrected chi connectivity index (χ2v) is 13.7. The van der Waals surface area contributed by atoms with Gasteiger partial charge in [0.05, 0.1) is 19.8 Å². The van der Waals surface area contributed by atoms with Gasteiger partial charge in [-0.05, 0) is 50.5 Å². The number of ether oxygens (including phenoxy) is 1. The molecule has 9 N–H and O–H groups in total. The van der Waals surface area contributed by atoms with Crippen molar-refractivity contribution in [1.29, 1.82) is 0 Å². The molecule has 0 bridgehead atoms. The van der Waals surface area contributed by atoms with Gasteiger partial charge in [0.25, 0.3) is 0 Å². The first-order valence-corrected chi connectivity index (χ1v) is 17.2. The van der Waals surface area contributed by atoms with E-state index in [1.807, 2.05) is 0 Å². The van der Waals surface area contributed by atoms with Gasteiger partial charge in [-0.25, -0.2) is 4.79 Å². The predicted octanol–water partition coefficient (Wildman–Crippen LogP) is -0.581. The van der Waals surface area contributed by atoms with Crippen LogP contribution < -0.4 is 32.3 Å². The Kier molecular flexibility index (Phi) is 16.3. The van der Waals surface area contributed by atoms with Crippen molar-refractivity contribution in [3.63, 3.8) is 0 Å². The summed E-state index contributed by atoms with van der Waals surface area (Å²) < 4.78 is 4.93. The van der Waals surface area contributed by atoms with Gasteiger partial charge in [0, 0.05) is 5.92 Å². The third-order valence-electron chi connectivity index (χ3n) is 9.26. The van der Waals surface area contributed by atoms with E-state index in [-0.39, 0.29) is 12.3 Å². The molecule has 1 aliphatic rings. The summed E-state index contributed by atoms with van der Waals surface area (Å²) in [5, 5.41) is 34.7. The number of nitrogens with one attached hydrogen (secondary N) is 5. The van der Waals surface area contributed by atoms with Gasteiger partial charge < -0.3 is 47.3 Å². The summed E-state index contributed by atoms with van der Waals surface area (Å²) in [6.07, 6.45) is 1.18. The van der Waals surface area contributed by atoms with Crippen LogP contribution in [0.15, 0.2) is 30.3 Å². The average molecular weight is 705 g/mol. The van der Waals surface area contributed by atoms with E-state index in [0.717, 1.165) is 12.8 Å². The molecule has 5 amide bonds. The lowest BCUT2D eigenvalue weighted by Gasteiger charge is -2.45. The summed E-state index contributed by atoms with van der Waals surface area (Å²) in [5.74, 6) is -5.70. The maximum Gasteiger partial charge on any atom is 0.328 e. The number of rotatable bonds is 18. The van der Waals surface area contributed by atoms with E-state index in [0.29, 0.717) is 18.4 Å². The molecule has 2 rings (SSSR count). The predicted molar refractivity (Wildman–Crippen MR) is 185 cm³/mol.